The third kappa shape index (κ3) is 4.22. The minimum Gasteiger partial charge on any atom is -0.307 e. The zero-order valence-corrected chi connectivity index (χ0v) is 28.9. The van der Waals surface area contributed by atoms with E-state index in [9.17, 15) is 0 Å². The van der Waals surface area contributed by atoms with Crippen LogP contribution in [0.15, 0.2) is 164 Å². The summed E-state index contributed by atoms with van der Waals surface area (Å²) in [6.45, 7) is 4.51. The van der Waals surface area contributed by atoms with Gasteiger partial charge in [-0.05, 0) is 46.5 Å². The van der Waals surface area contributed by atoms with E-state index in [1.54, 1.807) is 0 Å². The Bertz CT molecular complexity index is 3360. The second kappa shape index (κ2) is 11.1. The number of hydrogen-bond acceptors (Lipinski definition) is 3. The van der Waals surface area contributed by atoms with Crippen molar-refractivity contribution in [2.75, 3.05) is 0 Å². The Hall–Kier alpha value is -6.85. The van der Waals surface area contributed by atoms with Crippen LogP contribution in [0.5, 0.6) is 0 Å². The number of hydrogen-bond donors (Lipinski definition) is 0. The summed E-state index contributed by atoms with van der Waals surface area (Å²) in [6.07, 6.45) is 0. The molecule has 0 bridgehead atoms. The Morgan fingerprint density at radius 2 is 1.08 bits per heavy atom. The Kier molecular flexibility index (Phi) is 5.26. The Morgan fingerprint density at radius 1 is 0.491 bits per heavy atom. The molecule has 0 spiro atoms. The van der Waals surface area contributed by atoms with Crippen molar-refractivity contribution in [1.82, 2.24) is 24.1 Å². The average molecular weight is 685 g/mol. The first kappa shape index (κ1) is 25.2. The second-order valence-corrected chi connectivity index (χ2v) is 14.1. The fraction of sp³-hybridized carbons (Fsp3) is 0.0625. The first-order valence-electron chi connectivity index (χ1n) is 20.2. The van der Waals surface area contributed by atoms with Crippen LogP contribution in [0.25, 0.3) is 89.2 Å². The Morgan fingerprint density at radius 3 is 1.83 bits per heavy atom. The van der Waals surface area contributed by atoms with Crippen molar-refractivity contribution >= 4 is 43.6 Å². The fourth-order valence-electron chi connectivity index (χ4n) is 8.63. The van der Waals surface area contributed by atoms with Crippen LogP contribution >= 0.6 is 0 Å². The lowest BCUT2D eigenvalue weighted by Gasteiger charge is -2.24. The van der Waals surface area contributed by atoms with E-state index in [-0.39, 0.29) is 23.2 Å². The predicted molar refractivity (Wildman–Crippen MR) is 217 cm³/mol. The van der Waals surface area contributed by atoms with Crippen molar-refractivity contribution in [3.05, 3.63) is 175 Å². The number of benzene rings is 7. The van der Waals surface area contributed by atoms with Gasteiger partial charge in [-0.3, -0.25) is 4.57 Å². The summed E-state index contributed by atoms with van der Waals surface area (Å²) in [4.78, 5) is 15.9. The van der Waals surface area contributed by atoms with Crippen LogP contribution in [0.2, 0.25) is 0 Å². The van der Waals surface area contributed by atoms with Crippen molar-refractivity contribution in [1.29, 1.82) is 0 Å². The smallest absolute Gasteiger partial charge is 0.238 e. The van der Waals surface area contributed by atoms with E-state index >= 15 is 0 Å². The summed E-state index contributed by atoms with van der Waals surface area (Å²) in [7, 11) is 0. The molecule has 0 radical (unpaired) electrons. The highest BCUT2D eigenvalue weighted by molar-refractivity contribution is 6.23. The lowest BCUT2D eigenvalue weighted by Crippen LogP contribution is -2.17. The molecule has 1 aliphatic carbocycles. The van der Waals surface area contributed by atoms with Gasteiger partial charge in [0.15, 0.2) is 11.6 Å². The van der Waals surface area contributed by atoms with Crippen molar-refractivity contribution in [3.63, 3.8) is 0 Å². The molecular formula is C48H33N5. The first-order valence-corrected chi connectivity index (χ1v) is 17.7. The third-order valence-corrected chi connectivity index (χ3v) is 10.9. The van der Waals surface area contributed by atoms with Crippen LogP contribution in [0.1, 0.15) is 31.8 Å². The zero-order chi connectivity index (χ0) is 39.6. The quantitative estimate of drug-likeness (QED) is 0.185. The van der Waals surface area contributed by atoms with Crippen LogP contribution in [-0.4, -0.2) is 24.1 Å². The SMILES string of the molecule is [2H]c1c([2H])c([2H])c(-n2c3ccccc3c3ccc4c5ccccc5n(-c5nc(-c6ccccc6)nc(-c6cccc7c6C(C)(C)c6ccccc6-7)n5)c4c32)c([2H])c1[2H]. The second-order valence-electron chi connectivity index (χ2n) is 14.1. The molecule has 0 aliphatic heterocycles. The molecule has 0 saturated heterocycles. The van der Waals surface area contributed by atoms with Crippen molar-refractivity contribution in [2.45, 2.75) is 19.3 Å². The molecule has 0 N–H and O–H groups in total. The highest BCUT2D eigenvalue weighted by Gasteiger charge is 2.38. The van der Waals surface area contributed by atoms with Gasteiger partial charge in [0.25, 0.3) is 0 Å². The maximum atomic E-state index is 9.15. The van der Waals surface area contributed by atoms with Gasteiger partial charge >= 0.3 is 0 Å². The number of rotatable bonds is 4. The van der Waals surface area contributed by atoms with Gasteiger partial charge < -0.3 is 4.57 Å². The van der Waals surface area contributed by atoms with Gasteiger partial charge in [-0.2, -0.15) is 9.97 Å². The molecule has 10 aromatic rings. The van der Waals surface area contributed by atoms with E-state index in [4.69, 9.17) is 21.8 Å². The normalized spacial score (nSPS) is 14.6. The van der Waals surface area contributed by atoms with Gasteiger partial charge in [-0.25, -0.2) is 4.98 Å². The van der Waals surface area contributed by atoms with Gasteiger partial charge in [-0.15, -0.1) is 0 Å². The molecule has 7 aromatic carbocycles. The molecule has 0 saturated carbocycles. The molecule has 0 atom stereocenters. The van der Waals surface area contributed by atoms with E-state index in [1.165, 1.54) is 11.1 Å². The maximum Gasteiger partial charge on any atom is 0.238 e. The molecule has 5 nitrogen and oxygen atoms in total. The first-order chi connectivity index (χ1) is 28.1. The lowest BCUT2D eigenvalue weighted by atomic mass is 9.80. The van der Waals surface area contributed by atoms with E-state index in [0.717, 1.165) is 54.8 Å². The predicted octanol–water partition coefficient (Wildman–Crippen LogP) is 11.7. The fourth-order valence-corrected chi connectivity index (χ4v) is 8.63. The van der Waals surface area contributed by atoms with Crippen molar-refractivity contribution < 1.29 is 6.85 Å². The molecule has 3 heterocycles. The van der Waals surface area contributed by atoms with Crippen LogP contribution in [-0.2, 0) is 5.41 Å². The van der Waals surface area contributed by atoms with Gasteiger partial charge in [0.1, 0.15) is 0 Å². The standard InChI is InChI=1S/C48H33N5/c1-48(2)39-25-12-9-20-32(39)35-23-15-24-38(42(35)48)46-49-45(30-16-5-3-6-17-30)50-47(51-46)53-41-27-14-11-22-34(41)37-29-28-36-33-21-10-13-26-40(33)52(43(36)44(37)53)31-18-7-4-8-19-31/h3-29H,1-2H3/i4D,7D,8D,18D,19D. The molecule has 250 valence electrons. The molecule has 0 amide bonds. The number of aromatic nitrogens is 5. The number of nitrogens with zero attached hydrogens (tertiary/aromatic N) is 5. The molecule has 11 rings (SSSR count). The van der Waals surface area contributed by atoms with Crippen LogP contribution in [0.4, 0.5) is 0 Å². The van der Waals surface area contributed by atoms with E-state index in [1.807, 2.05) is 77.4 Å². The highest BCUT2D eigenvalue weighted by atomic mass is 15.2. The lowest BCUT2D eigenvalue weighted by molar-refractivity contribution is 0.661. The van der Waals surface area contributed by atoms with E-state index in [2.05, 4.69) is 79.1 Å². The topological polar surface area (TPSA) is 48.5 Å². The van der Waals surface area contributed by atoms with Gasteiger partial charge in [0, 0.05) is 43.8 Å². The minimum absolute atomic E-state index is 0.0736. The van der Waals surface area contributed by atoms with Gasteiger partial charge in [-0.1, -0.05) is 153 Å². The summed E-state index contributed by atoms with van der Waals surface area (Å²) < 4.78 is 47.9. The molecule has 5 heteroatoms. The molecule has 0 unspecified atom stereocenters. The molecular weight excluding hydrogens is 647 g/mol. The van der Waals surface area contributed by atoms with Crippen LogP contribution in [0, 0.1) is 0 Å². The Balaban J connectivity index is 1.30. The largest absolute Gasteiger partial charge is 0.307 e. The average Bonchev–Trinajstić information content (AvgIpc) is 3.86. The third-order valence-electron chi connectivity index (χ3n) is 10.9. The molecule has 53 heavy (non-hydrogen) atoms. The van der Waals surface area contributed by atoms with E-state index in [0.29, 0.717) is 28.6 Å². The number of fused-ring (bicyclic) bond motifs is 10. The summed E-state index contributed by atoms with van der Waals surface area (Å²) in [5, 5.41) is 3.60. The Labute approximate surface area is 313 Å². The maximum absolute atomic E-state index is 9.15. The summed E-state index contributed by atoms with van der Waals surface area (Å²) >= 11 is 0. The summed E-state index contributed by atoms with van der Waals surface area (Å²) in [6, 6.07) is 43.1. The van der Waals surface area contributed by atoms with Gasteiger partial charge in [0.05, 0.1) is 28.9 Å². The van der Waals surface area contributed by atoms with Crippen molar-refractivity contribution in [2.24, 2.45) is 0 Å². The molecule has 1 aliphatic rings. The van der Waals surface area contributed by atoms with Crippen LogP contribution in [0.3, 0.4) is 0 Å². The zero-order valence-electron chi connectivity index (χ0n) is 33.9. The van der Waals surface area contributed by atoms with Crippen LogP contribution < -0.4 is 0 Å². The van der Waals surface area contributed by atoms with Crippen molar-refractivity contribution in [3.8, 4) is 45.5 Å². The summed E-state index contributed by atoms with van der Waals surface area (Å²) in [5.41, 5.74) is 9.23. The minimum atomic E-state index is -0.441. The van der Waals surface area contributed by atoms with E-state index < -0.39 is 18.1 Å². The highest BCUT2D eigenvalue weighted by Crippen LogP contribution is 2.52. The number of para-hydroxylation sites is 3. The molecule has 0 fully saturated rings. The monoisotopic (exact) mass is 684 g/mol. The van der Waals surface area contributed by atoms with Gasteiger partial charge in [0.2, 0.25) is 5.95 Å². The summed E-state index contributed by atoms with van der Waals surface area (Å²) in [5.74, 6) is 1.44. The molecule has 3 aromatic heterocycles.